The molecule has 0 aliphatic heterocycles. The molecule has 0 atom stereocenters. The van der Waals surface area contributed by atoms with Gasteiger partial charge in [-0.25, -0.2) is 10.5 Å². The predicted octanol–water partition coefficient (Wildman–Crippen LogP) is -0.791. The van der Waals surface area contributed by atoms with Crippen molar-refractivity contribution in [3.05, 3.63) is 0 Å². The van der Waals surface area contributed by atoms with E-state index in [4.69, 9.17) is 15.9 Å². The molecule has 7 heteroatoms. The van der Waals surface area contributed by atoms with E-state index in [-0.39, 0.29) is 18.4 Å². The van der Waals surface area contributed by atoms with Gasteiger partial charge in [0.1, 0.15) is 0 Å². The second-order valence-electron chi connectivity index (χ2n) is 0.537. The predicted molar refractivity (Wildman–Crippen MR) is 29.7 cm³/mol. The van der Waals surface area contributed by atoms with Crippen LogP contribution < -0.4 is 11.5 Å². The topological polar surface area (TPSA) is 126 Å². The lowest BCUT2D eigenvalue weighted by atomic mass is 11.1. The van der Waals surface area contributed by atoms with E-state index in [1.807, 2.05) is 0 Å². The van der Waals surface area contributed by atoms with E-state index in [2.05, 4.69) is 16.5 Å². The molecular weight excluding hydrogens is 137 g/mol. The molecule has 0 aliphatic rings. The molecule has 6 nitrogen and oxygen atoms in total. The number of guanidine groups is 1. The van der Waals surface area contributed by atoms with Gasteiger partial charge in [0.25, 0.3) is 0 Å². The second-order valence-corrected chi connectivity index (χ2v) is 0.537. The molecule has 0 aromatic carbocycles. The van der Waals surface area contributed by atoms with E-state index in [9.17, 15) is 0 Å². The Balaban J connectivity index is -0.0000000575. The SMILES string of the molecule is Cl.N=C(N)N.OOO. The molecule has 0 rings (SSSR count). The van der Waals surface area contributed by atoms with Gasteiger partial charge in [-0.3, -0.25) is 5.41 Å². The first-order chi connectivity index (χ1) is 3.15. The lowest BCUT2D eigenvalue weighted by Gasteiger charge is -1.69. The fourth-order valence-corrected chi connectivity index (χ4v) is 0. The summed E-state index contributed by atoms with van der Waals surface area (Å²) in [5, 5.41) is 21.6. The maximum atomic E-state index is 6.62. The molecule has 0 aliphatic carbocycles. The summed E-state index contributed by atoms with van der Waals surface area (Å²) >= 11 is 0. The Morgan fingerprint density at radius 1 is 1.38 bits per heavy atom. The van der Waals surface area contributed by atoms with Crippen molar-refractivity contribution in [2.45, 2.75) is 0 Å². The number of rotatable bonds is 0. The largest absolute Gasteiger partial charge is 0.370 e. The molecule has 0 unspecified atom stereocenters. The van der Waals surface area contributed by atoms with Crippen molar-refractivity contribution in [2.24, 2.45) is 11.5 Å². The van der Waals surface area contributed by atoms with Crippen LogP contribution in [0, 0.1) is 5.41 Å². The van der Waals surface area contributed by atoms with Crippen molar-refractivity contribution >= 4 is 18.4 Å². The Kier molecular flexibility index (Phi) is 31.5. The summed E-state index contributed by atoms with van der Waals surface area (Å²) in [5.74, 6) is -0.333. The van der Waals surface area contributed by atoms with Crippen molar-refractivity contribution in [2.75, 3.05) is 0 Å². The summed E-state index contributed by atoms with van der Waals surface area (Å²) in [6.07, 6.45) is 0. The third-order valence-electron chi connectivity index (χ3n) is 0. The summed E-state index contributed by atoms with van der Waals surface area (Å²) in [6, 6.07) is 0. The van der Waals surface area contributed by atoms with Gasteiger partial charge in [-0.1, -0.05) is 5.04 Å². The summed E-state index contributed by atoms with van der Waals surface area (Å²) < 4.78 is 0. The first kappa shape index (κ1) is 15.7. The molecule has 0 amide bonds. The number of nitrogens with two attached hydrogens (primary N) is 2. The quantitative estimate of drug-likeness (QED) is 0.132. The molecule has 8 heavy (non-hydrogen) atoms. The van der Waals surface area contributed by atoms with Gasteiger partial charge in [0.05, 0.1) is 0 Å². The summed E-state index contributed by atoms with van der Waals surface area (Å²) in [6.45, 7) is 0. The number of halogens is 1. The normalized spacial score (nSPS) is 5.25. The van der Waals surface area contributed by atoms with E-state index >= 15 is 0 Å². The van der Waals surface area contributed by atoms with Crippen molar-refractivity contribution in [1.29, 1.82) is 5.41 Å². The highest BCUT2D eigenvalue weighted by molar-refractivity contribution is 5.85. The first-order valence-corrected chi connectivity index (χ1v) is 1.19. The summed E-state index contributed by atoms with van der Waals surface area (Å²) in [5.41, 5.74) is 8.94. The van der Waals surface area contributed by atoms with Gasteiger partial charge in [-0.2, -0.15) is 0 Å². The molecule has 0 bridgehead atoms. The van der Waals surface area contributed by atoms with Gasteiger partial charge >= 0.3 is 0 Å². The van der Waals surface area contributed by atoms with Crippen molar-refractivity contribution in [3.8, 4) is 0 Å². The average Bonchev–Trinajstić information content (AvgIpc) is 1.33. The molecule has 0 heterocycles. The molecule has 0 saturated carbocycles. The minimum Gasteiger partial charge on any atom is -0.370 e. The smallest absolute Gasteiger partial charge is 0.183 e. The fraction of sp³-hybridized carbons (Fsp3) is 0. The average molecular weight is 146 g/mol. The zero-order chi connectivity index (χ0) is 6.28. The number of hydrogen-bond donors (Lipinski definition) is 5. The van der Waals surface area contributed by atoms with Crippen LogP contribution in [-0.2, 0) is 5.04 Å². The van der Waals surface area contributed by atoms with Crippen molar-refractivity contribution in [1.82, 2.24) is 0 Å². The van der Waals surface area contributed by atoms with E-state index in [0.717, 1.165) is 0 Å². The highest BCUT2D eigenvalue weighted by atomic mass is 35.5. The molecule has 0 aromatic heterocycles. The molecular formula is CH8ClN3O3. The van der Waals surface area contributed by atoms with Crippen LogP contribution in [0.15, 0.2) is 0 Å². The fourth-order valence-electron chi connectivity index (χ4n) is 0. The second kappa shape index (κ2) is 16.1. The maximum Gasteiger partial charge on any atom is 0.183 e. The summed E-state index contributed by atoms with van der Waals surface area (Å²) in [7, 11) is 0. The van der Waals surface area contributed by atoms with Gasteiger partial charge in [0.15, 0.2) is 5.96 Å². The first-order valence-electron chi connectivity index (χ1n) is 1.19. The maximum absolute atomic E-state index is 6.62. The Hall–Kier alpha value is -0.560. The molecule has 0 saturated heterocycles. The van der Waals surface area contributed by atoms with Gasteiger partial charge in [-0.05, 0) is 0 Å². The molecule has 0 fully saturated rings. The van der Waals surface area contributed by atoms with Gasteiger partial charge in [0.2, 0.25) is 0 Å². The highest BCUT2D eigenvalue weighted by Crippen LogP contribution is 1.24. The Labute approximate surface area is 51.8 Å². The lowest BCUT2D eigenvalue weighted by Crippen LogP contribution is -2.20. The van der Waals surface area contributed by atoms with Crippen LogP contribution in [-0.4, -0.2) is 16.5 Å². The molecule has 0 aromatic rings. The van der Waals surface area contributed by atoms with E-state index in [1.165, 1.54) is 0 Å². The molecule has 0 radical (unpaired) electrons. The summed E-state index contributed by atoms with van der Waals surface area (Å²) in [4.78, 5) is 0. The Morgan fingerprint density at radius 3 is 1.38 bits per heavy atom. The van der Waals surface area contributed by atoms with Crippen LogP contribution >= 0.6 is 12.4 Å². The van der Waals surface area contributed by atoms with Crippen LogP contribution in [0.5, 0.6) is 0 Å². The Morgan fingerprint density at radius 2 is 1.38 bits per heavy atom. The van der Waals surface area contributed by atoms with Crippen molar-refractivity contribution < 1.29 is 15.6 Å². The minimum atomic E-state index is -0.333. The van der Waals surface area contributed by atoms with Crippen LogP contribution in [0.1, 0.15) is 0 Å². The van der Waals surface area contributed by atoms with E-state index in [1.54, 1.807) is 0 Å². The third kappa shape index (κ3) is 342. The van der Waals surface area contributed by atoms with Crippen molar-refractivity contribution in [3.63, 3.8) is 0 Å². The number of hydrogen-bond acceptors (Lipinski definition) is 4. The number of nitrogens with one attached hydrogen (secondary N) is 1. The molecule has 0 spiro atoms. The molecule has 52 valence electrons. The molecule has 7 N–H and O–H groups in total. The van der Waals surface area contributed by atoms with E-state index < -0.39 is 0 Å². The lowest BCUT2D eigenvalue weighted by molar-refractivity contribution is -0.465. The highest BCUT2D eigenvalue weighted by Gasteiger charge is 1.52. The van der Waals surface area contributed by atoms with E-state index in [0.29, 0.717) is 0 Å². The third-order valence-corrected chi connectivity index (χ3v) is 0. The van der Waals surface area contributed by atoms with Gasteiger partial charge < -0.3 is 11.5 Å². The van der Waals surface area contributed by atoms with Crippen LogP contribution in [0.2, 0.25) is 0 Å². The Bertz CT molecular complexity index is 45.8. The van der Waals surface area contributed by atoms with Gasteiger partial charge in [0, 0.05) is 0 Å². The van der Waals surface area contributed by atoms with Crippen LogP contribution in [0.3, 0.4) is 0 Å². The monoisotopic (exact) mass is 145 g/mol. The van der Waals surface area contributed by atoms with Gasteiger partial charge in [-0.15, -0.1) is 12.4 Å². The zero-order valence-electron chi connectivity index (χ0n) is 3.87. The van der Waals surface area contributed by atoms with Crippen LogP contribution in [0.4, 0.5) is 0 Å². The zero-order valence-corrected chi connectivity index (χ0v) is 4.68. The minimum absolute atomic E-state index is 0. The van der Waals surface area contributed by atoms with Crippen LogP contribution in [0.25, 0.3) is 0 Å². The standard InChI is InChI=1S/CH5N3.ClH.H2O3/c2-1(3)4;;1-3-2/h(H5,2,3,4);1H;1-2H.